The molecule has 33 heavy (non-hydrogen) atoms. The molecule has 9 heteroatoms. The van der Waals surface area contributed by atoms with Crippen LogP contribution in [-0.4, -0.2) is 55.2 Å². The van der Waals surface area contributed by atoms with Crippen molar-refractivity contribution in [3.05, 3.63) is 76.5 Å². The topological polar surface area (TPSA) is 80.0 Å². The third-order valence-electron chi connectivity index (χ3n) is 5.56. The van der Waals surface area contributed by atoms with Crippen molar-refractivity contribution in [3.8, 4) is 17.1 Å². The van der Waals surface area contributed by atoms with Crippen LogP contribution in [-0.2, 0) is 16.4 Å². The molecule has 1 fully saturated rings. The number of rotatable bonds is 9. The Bertz CT molecular complexity index is 1180. The number of halogens is 2. The average molecular weight is 510 g/mol. The normalized spacial score (nSPS) is 18.5. The molecule has 3 aromatic rings. The zero-order valence-corrected chi connectivity index (χ0v) is 20.2. The second-order valence-corrected chi connectivity index (χ2v) is 11.3. The molecule has 2 unspecified atom stereocenters. The van der Waals surface area contributed by atoms with Gasteiger partial charge >= 0.3 is 0 Å². The van der Waals surface area contributed by atoms with Crippen LogP contribution in [0, 0.1) is 0 Å². The van der Waals surface area contributed by atoms with Crippen molar-refractivity contribution in [2.24, 2.45) is 0 Å². The van der Waals surface area contributed by atoms with Gasteiger partial charge in [-0.25, -0.2) is 8.42 Å². The van der Waals surface area contributed by atoms with Crippen molar-refractivity contribution in [2.45, 2.75) is 25.1 Å². The first-order valence-corrected chi connectivity index (χ1v) is 13.2. The van der Waals surface area contributed by atoms with E-state index < -0.39 is 15.9 Å². The molecule has 1 aliphatic rings. The first-order chi connectivity index (χ1) is 15.8. The van der Waals surface area contributed by atoms with Crippen molar-refractivity contribution in [1.82, 2.24) is 4.90 Å². The molecular weight excluding hydrogens is 485 g/mol. The van der Waals surface area contributed by atoms with Crippen LogP contribution < -0.4 is 4.74 Å². The first kappa shape index (κ1) is 24.1. The van der Waals surface area contributed by atoms with E-state index in [-0.39, 0.29) is 30.7 Å². The number of nitrogens with zero attached hydrogens (tertiary/aromatic N) is 1. The van der Waals surface area contributed by atoms with Crippen LogP contribution in [0.5, 0.6) is 5.75 Å². The van der Waals surface area contributed by atoms with Gasteiger partial charge in [-0.3, -0.25) is 4.90 Å². The summed E-state index contributed by atoms with van der Waals surface area (Å²) >= 11 is 12.0. The van der Waals surface area contributed by atoms with E-state index in [0.717, 1.165) is 5.56 Å². The number of furan rings is 1. The van der Waals surface area contributed by atoms with Gasteiger partial charge in [0.15, 0.2) is 9.84 Å². The van der Waals surface area contributed by atoms with Crippen molar-refractivity contribution in [2.75, 3.05) is 24.7 Å². The number of hydrogen-bond donors (Lipinski definition) is 1. The van der Waals surface area contributed by atoms with Gasteiger partial charge in [-0.2, -0.15) is 0 Å². The minimum absolute atomic E-state index is 0.0691. The molecule has 0 radical (unpaired) electrons. The van der Waals surface area contributed by atoms with Gasteiger partial charge in [0.05, 0.1) is 18.1 Å². The summed E-state index contributed by atoms with van der Waals surface area (Å²) in [6, 6.07) is 17.8. The average Bonchev–Trinajstić information content (AvgIpc) is 3.39. The van der Waals surface area contributed by atoms with Gasteiger partial charge in [0.2, 0.25) is 0 Å². The van der Waals surface area contributed by atoms with Crippen molar-refractivity contribution in [1.29, 1.82) is 0 Å². The summed E-state index contributed by atoms with van der Waals surface area (Å²) in [5.41, 5.74) is 0.861. The fraction of sp³-hybridized carbons (Fsp3) is 0.333. The van der Waals surface area contributed by atoms with Crippen LogP contribution in [0.4, 0.5) is 0 Å². The Labute approximate surface area is 203 Å². The lowest BCUT2D eigenvalue weighted by Gasteiger charge is -2.29. The predicted molar refractivity (Wildman–Crippen MR) is 130 cm³/mol. The molecule has 1 N–H and O–H groups in total. The zero-order chi connectivity index (χ0) is 23.4. The SMILES string of the molecule is O=S1(=O)CCC(N(Cc2ccc(-c3cccc(Cl)c3)o2)CC(O)COc2ccc(Cl)cc2)C1. The number of aliphatic hydroxyl groups is 1. The highest BCUT2D eigenvalue weighted by Gasteiger charge is 2.33. The van der Waals surface area contributed by atoms with Crippen LogP contribution in [0.3, 0.4) is 0 Å². The Morgan fingerprint density at radius 2 is 1.88 bits per heavy atom. The maximum atomic E-state index is 12.1. The largest absolute Gasteiger partial charge is 0.491 e. The monoisotopic (exact) mass is 509 g/mol. The molecule has 4 rings (SSSR count). The summed E-state index contributed by atoms with van der Waals surface area (Å²) in [4.78, 5) is 1.96. The Hall–Kier alpha value is -2.03. The standard InChI is InChI=1S/C24H25Cl2NO5S/c25-18-4-6-22(7-5-18)31-15-21(28)13-27(20-10-11-33(29,30)16-20)14-23-8-9-24(32-23)17-2-1-3-19(26)12-17/h1-9,12,20-21,28H,10-11,13-16H2. The quantitative estimate of drug-likeness (QED) is 0.450. The molecule has 0 amide bonds. The van der Waals surface area contributed by atoms with Gasteiger partial charge < -0.3 is 14.3 Å². The summed E-state index contributed by atoms with van der Waals surface area (Å²) in [6.07, 6.45) is -0.291. The number of benzene rings is 2. The lowest BCUT2D eigenvalue weighted by molar-refractivity contribution is 0.0498. The van der Waals surface area contributed by atoms with E-state index in [1.54, 1.807) is 30.3 Å². The lowest BCUT2D eigenvalue weighted by atomic mass is 10.2. The van der Waals surface area contributed by atoms with E-state index in [4.69, 9.17) is 32.4 Å². The minimum atomic E-state index is -3.08. The molecule has 2 aromatic carbocycles. The Morgan fingerprint density at radius 1 is 1.09 bits per heavy atom. The van der Waals surface area contributed by atoms with Crippen molar-refractivity contribution >= 4 is 33.0 Å². The second-order valence-electron chi connectivity index (χ2n) is 8.18. The zero-order valence-electron chi connectivity index (χ0n) is 17.9. The number of hydrogen-bond acceptors (Lipinski definition) is 6. The predicted octanol–water partition coefficient (Wildman–Crippen LogP) is 4.68. The number of aliphatic hydroxyl groups excluding tert-OH is 1. The molecule has 1 aromatic heterocycles. The van der Waals surface area contributed by atoms with Gasteiger partial charge in [-0.1, -0.05) is 35.3 Å². The van der Waals surface area contributed by atoms with Crippen LogP contribution in [0.1, 0.15) is 12.2 Å². The first-order valence-electron chi connectivity index (χ1n) is 10.6. The van der Waals surface area contributed by atoms with Crippen LogP contribution >= 0.6 is 23.2 Å². The fourth-order valence-corrected chi connectivity index (χ4v) is 5.99. The Kier molecular flexibility index (Phi) is 7.66. The van der Waals surface area contributed by atoms with Gasteiger partial charge in [0.25, 0.3) is 0 Å². The summed E-state index contributed by atoms with van der Waals surface area (Å²) in [5, 5.41) is 11.9. The molecule has 6 nitrogen and oxygen atoms in total. The van der Waals surface area contributed by atoms with E-state index in [0.29, 0.717) is 40.3 Å². The third-order valence-corrected chi connectivity index (χ3v) is 7.79. The van der Waals surface area contributed by atoms with Crippen LogP contribution in [0.25, 0.3) is 11.3 Å². The summed E-state index contributed by atoms with van der Waals surface area (Å²) in [5.74, 6) is 2.18. The van der Waals surface area contributed by atoms with Crippen LogP contribution in [0.15, 0.2) is 65.1 Å². The molecule has 176 valence electrons. The molecule has 2 heterocycles. The van der Waals surface area contributed by atoms with Crippen LogP contribution in [0.2, 0.25) is 10.0 Å². The maximum absolute atomic E-state index is 12.1. The number of ether oxygens (including phenoxy) is 1. The molecule has 2 atom stereocenters. The van der Waals surface area contributed by atoms with Gasteiger partial charge in [-0.05, 0) is 55.0 Å². The smallest absolute Gasteiger partial charge is 0.151 e. The summed E-state index contributed by atoms with van der Waals surface area (Å²) < 4.78 is 35.8. The molecule has 0 spiro atoms. The van der Waals surface area contributed by atoms with E-state index in [1.807, 2.05) is 35.2 Å². The highest BCUT2D eigenvalue weighted by atomic mass is 35.5. The minimum Gasteiger partial charge on any atom is -0.491 e. The lowest BCUT2D eigenvalue weighted by Crippen LogP contribution is -2.42. The Balaban J connectivity index is 1.44. The van der Waals surface area contributed by atoms with Gasteiger partial charge in [-0.15, -0.1) is 0 Å². The maximum Gasteiger partial charge on any atom is 0.151 e. The third kappa shape index (κ3) is 6.74. The molecule has 0 aliphatic carbocycles. The van der Waals surface area contributed by atoms with E-state index in [2.05, 4.69) is 0 Å². The molecular formula is C24H25Cl2NO5S. The summed E-state index contributed by atoms with van der Waals surface area (Å²) in [7, 11) is -3.08. The van der Waals surface area contributed by atoms with E-state index in [9.17, 15) is 13.5 Å². The summed E-state index contributed by atoms with van der Waals surface area (Å²) in [6.45, 7) is 0.698. The molecule has 0 saturated carbocycles. The molecule has 1 saturated heterocycles. The highest BCUT2D eigenvalue weighted by Crippen LogP contribution is 2.27. The van der Waals surface area contributed by atoms with Gasteiger partial charge in [0.1, 0.15) is 30.0 Å². The molecule has 1 aliphatic heterocycles. The Morgan fingerprint density at radius 3 is 2.58 bits per heavy atom. The van der Waals surface area contributed by atoms with E-state index in [1.165, 1.54) is 0 Å². The van der Waals surface area contributed by atoms with Crippen molar-refractivity contribution < 1.29 is 22.7 Å². The number of sulfone groups is 1. The van der Waals surface area contributed by atoms with Crippen molar-refractivity contribution in [3.63, 3.8) is 0 Å². The second kappa shape index (κ2) is 10.5. The molecule has 0 bridgehead atoms. The van der Waals surface area contributed by atoms with E-state index >= 15 is 0 Å². The fourth-order valence-electron chi connectivity index (χ4n) is 3.91. The highest BCUT2D eigenvalue weighted by molar-refractivity contribution is 7.91. The van der Waals surface area contributed by atoms with Gasteiger partial charge in [0, 0.05) is 28.2 Å².